The third-order valence-corrected chi connectivity index (χ3v) is 6.51. The summed E-state index contributed by atoms with van der Waals surface area (Å²) >= 11 is 0. The summed E-state index contributed by atoms with van der Waals surface area (Å²) in [5.41, 5.74) is 2.64. The van der Waals surface area contributed by atoms with Gasteiger partial charge in [-0.25, -0.2) is 0 Å². The van der Waals surface area contributed by atoms with Crippen molar-refractivity contribution >= 4 is 22.8 Å². The molecule has 4 aliphatic heterocycles. The Morgan fingerprint density at radius 2 is 2.00 bits per heavy atom. The van der Waals surface area contributed by atoms with Crippen LogP contribution in [0.25, 0.3) is 16.8 Å². The molecule has 2 aromatic rings. The van der Waals surface area contributed by atoms with Crippen LogP contribution in [0.5, 0.6) is 0 Å². The van der Waals surface area contributed by atoms with Crippen molar-refractivity contribution in [2.75, 3.05) is 13.7 Å². The van der Waals surface area contributed by atoms with Crippen LogP contribution in [-0.4, -0.2) is 36.6 Å². The van der Waals surface area contributed by atoms with Crippen molar-refractivity contribution in [2.45, 2.75) is 31.3 Å². The van der Waals surface area contributed by atoms with Gasteiger partial charge in [-0.05, 0) is 47.6 Å². The zero-order valence-electron chi connectivity index (χ0n) is 14.5. The highest BCUT2D eigenvalue weighted by Crippen LogP contribution is 2.50. The highest BCUT2D eigenvalue weighted by Gasteiger charge is 2.55. The molecule has 3 heteroatoms. The van der Waals surface area contributed by atoms with Crippen molar-refractivity contribution in [1.82, 2.24) is 4.90 Å². The molecule has 3 nitrogen and oxygen atoms in total. The highest BCUT2D eigenvalue weighted by atomic mass is 16.5. The lowest BCUT2D eigenvalue weighted by atomic mass is 9.71. The quantitative estimate of drug-likeness (QED) is 0.781. The van der Waals surface area contributed by atoms with Crippen molar-refractivity contribution in [3.63, 3.8) is 0 Å². The second kappa shape index (κ2) is 5.70. The first-order chi connectivity index (χ1) is 12.2. The van der Waals surface area contributed by atoms with E-state index < -0.39 is 0 Å². The number of hydrogen-bond acceptors (Lipinski definition) is 3. The Labute approximate surface area is 148 Å². The van der Waals surface area contributed by atoms with E-state index in [1.807, 2.05) is 0 Å². The molecule has 4 fully saturated rings. The smallest absolute Gasteiger partial charge is 0.310 e. The van der Waals surface area contributed by atoms with E-state index in [2.05, 4.69) is 53.4 Å². The minimum absolute atomic E-state index is 0.0178. The van der Waals surface area contributed by atoms with Gasteiger partial charge in [-0.3, -0.25) is 9.69 Å². The molecule has 4 saturated heterocycles. The number of piperidine rings is 3. The summed E-state index contributed by atoms with van der Waals surface area (Å²) < 4.78 is 5.16. The molecule has 6 rings (SSSR count). The molecule has 4 bridgehead atoms. The molecule has 0 saturated carbocycles. The fraction of sp³-hybridized carbons (Fsp3) is 0.409. The van der Waals surface area contributed by atoms with Crippen LogP contribution in [0.1, 0.15) is 24.8 Å². The van der Waals surface area contributed by atoms with Gasteiger partial charge in [0.25, 0.3) is 0 Å². The molecule has 1 unspecified atom stereocenters. The summed E-state index contributed by atoms with van der Waals surface area (Å²) in [4.78, 5) is 15.0. The van der Waals surface area contributed by atoms with Crippen LogP contribution in [0.15, 0.2) is 48.0 Å². The summed E-state index contributed by atoms with van der Waals surface area (Å²) in [5.74, 6) is 0.343. The summed E-state index contributed by atoms with van der Waals surface area (Å²) in [5, 5.41) is 2.53. The third-order valence-electron chi connectivity index (χ3n) is 6.51. The molecule has 4 aliphatic rings. The zero-order valence-corrected chi connectivity index (χ0v) is 14.5. The molecule has 0 spiro atoms. The van der Waals surface area contributed by atoms with E-state index in [0.717, 1.165) is 19.4 Å². The lowest BCUT2D eigenvalue weighted by Gasteiger charge is -2.50. The van der Waals surface area contributed by atoms with Crippen molar-refractivity contribution in [2.24, 2.45) is 11.8 Å². The molecule has 4 heterocycles. The molecule has 128 valence electrons. The van der Waals surface area contributed by atoms with Gasteiger partial charge in [0, 0.05) is 18.6 Å². The summed E-state index contributed by atoms with van der Waals surface area (Å²) in [7, 11) is 1.53. The summed E-state index contributed by atoms with van der Waals surface area (Å²) in [6.07, 6.45) is 5.80. The molecule has 0 aromatic heterocycles. The van der Waals surface area contributed by atoms with Gasteiger partial charge in [0.15, 0.2) is 0 Å². The van der Waals surface area contributed by atoms with Crippen molar-refractivity contribution < 1.29 is 9.53 Å². The molecular weight excluding hydrogens is 310 g/mol. The standard InChI is InChI=1S/C22H23NO2/c1-25-22(24)21-19-12-18-8-9-20(21)23(18)13-17(19)11-14-6-7-15-4-2-3-5-16(15)10-14/h2-7,10-11,18-21H,8-9,12-13H2,1H3/b17-11+/t18-,19+,20+,21-/m0/s1. The van der Waals surface area contributed by atoms with Gasteiger partial charge in [-0.1, -0.05) is 48.0 Å². The first-order valence-electron chi connectivity index (χ1n) is 9.27. The Kier molecular flexibility index (Phi) is 3.46. The number of fused-ring (bicyclic) bond motifs is 2. The number of ether oxygens (including phenoxy) is 1. The summed E-state index contributed by atoms with van der Waals surface area (Å²) in [6.45, 7) is 1.01. The maximum absolute atomic E-state index is 12.4. The minimum Gasteiger partial charge on any atom is -0.469 e. The Bertz CT molecular complexity index is 871. The number of rotatable bonds is 2. The Balaban J connectivity index is 1.53. The van der Waals surface area contributed by atoms with E-state index in [9.17, 15) is 4.79 Å². The van der Waals surface area contributed by atoms with Crippen LogP contribution in [0, 0.1) is 11.8 Å². The Morgan fingerprint density at radius 3 is 2.84 bits per heavy atom. The predicted octanol–water partition coefficient (Wildman–Crippen LogP) is 3.88. The van der Waals surface area contributed by atoms with Gasteiger partial charge in [-0.2, -0.15) is 0 Å². The van der Waals surface area contributed by atoms with Crippen LogP contribution < -0.4 is 0 Å². The second-order valence-corrected chi connectivity index (χ2v) is 7.69. The van der Waals surface area contributed by atoms with Gasteiger partial charge in [0.05, 0.1) is 13.0 Å². The number of methoxy groups -OCH3 is 1. The molecule has 0 amide bonds. The number of carbonyl (C=O) groups excluding carboxylic acids is 1. The number of benzene rings is 2. The van der Waals surface area contributed by atoms with Crippen LogP contribution in [0.2, 0.25) is 0 Å². The van der Waals surface area contributed by atoms with Crippen LogP contribution in [-0.2, 0) is 9.53 Å². The van der Waals surface area contributed by atoms with Crippen molar-refractivity contribution in [1.29, 1.82) is 0 Å². The minimum atomic E-state index is -0.0236. The summed E-state index contributed by atoms with van der Waals surface area (Å²) in [6, 6.07) is 16.1. The first kappa shape index (κ1) is 15.2. The lowest BCUT2D eigenvalue weighted by molar-refractivity contribution is -0.153. The van der Waals surface area contributed by atoms with E-state index in [1.165, 1.54) is 35.4 Å². The van der Waals surface area contributed by atoms with Gasteiger partial charge in [0.1, 0.15) is 0 Å². The number of nitrogens with zero attached hydrogens (tertiary/aromatic N) is 1. The van der Waals surface area contributed by atoms with Gasteiger partial charge >= 0.3 is 5.97 Å². The fourth-order valence-electron chi connectivity index (χ4n) is 5.39. The number of carbonyl (C=O) groups is 1. The van der Waals surface area contributed by atoms with Crippen molar-refractivity contribution in [3.05, 3.63) is 53.6 Å². The molecule has 0 aliphatic carbocycles. The molecule has 0 N–H and O–H groups in total. The Hall–Kier alpha value is -2.13. The number of esters is 1. The van der Waals surface area contributed by atoms with Gasteiger partial charge in [-0.15, -0.1) is 0 Å². The molecule has 0 radical (unpaired) electrons. The highest BCUT2D eigenvalue weighted by molar-refractivity contribution is 5.85. The average molecular weight is 333 g/mol. The van der Waals surface area contributed by atoms with E-state index >= 15 is 0 Å². The van der Waals surface area contributed by atoms with Crippen molar-refractivity contribution in [3.8, 4) is 0 Å². The third kappa shape index (κ3) is 2.33. The fourth-order valence-corrected chi connectivity index (χ4v) is 5.39. The largest absolute Gasteiger partial charge is 0.469 e. The average Bonchev–Trinajstić information content (AvgIpc) is 2.96. The maximum atomic E-state index is 12.4. The van der Waals surface area contributed by atoms with Crippen LogP contribution >= 0.6 is 0 Å². The SMILES string of the molecule is COC(=O)[C@H]1[C@@H]2C[C@@H]3CC[C@H]1N3C/C2=C\c1ccc2ccccc2c1. The first-order valence-corrected chi connectivity index (χ1v) is 9.27. The zero-order chi connectivity index (χ0) is 17.0. The maximum Gasteiger partial charge on any atom is 0.310 e. The van der Waals surface area contributed by atoms with E-state index in [1.54, 1.807) is 0 Å². The van der Waals surface area contributed by atoms with E-state index in [0.29, 0.717) is 18.0 Å². The molecule has 5 atom stereocenters. The molecule has 2 aromatic carbocycles. The second-order valence-electron chi connectivity index (χ2n) is 7.69. The number of hydrogen-bond donors (Lipinski definition) is 0. The van der Waals surface area contributed by atoms with Gasteiger partial charge in [0.2, 0.25) is 0 Å². The molecular formula is C22H23NO2. The predicted molar refractivity (Wildman–Crippen MR) is 99.1 cm³/mol. The normalized spacial score (nSPS) is 34.6. The van der Waals surface area contributed by atoms with Crippen LogP contribution in [0.3, 0.4) is 0 Å². The Morgan fingerprint density at radius 1 is 1.16 bits per heavy atom. The van der Waals surface area contributed by atoms with Crippen LogP contribution in [0.4, 0.5) is 0 Å². The molecule has 25 heavy (non-hydrogen) atoms. The van der Waals surface area contributed by atoms with Gasteiger partial charge < -0.3 is 4.74 Å². The van der Waals surface area contributed by atoms with E-state index in [4.69, 9.17) is 4.74 Å². The topological polar surface area (TPSA) is 29.5 Å². The van der Waals surface area contributed by atoms with E-state index in [-0.39, 0.29) is 11.9 Å². The lowest BCUT2D eigenvalue weighted by Crippen LogP contribution is -2.58. The monoisotopic (exact) mass is 333 g/mol.